The zero-order valence-electron chi connectivity index (χ0n) is 16.9. The highest BCUT2D eigenvalue weighted by atomic mass is 16.5. The van der Waals surface area contributed by atoms with Gasteiger partial charge in [-0.3, -0.25) is 9.59 Å². The topological polar surface area (TPSA) is 105 Å². The smallest absolute Gasteiger partial charge is 0.287 e. The first-order valence-electron chi connectivity index (χ1n) is 9.80. The fourth-order valence-corrected chi connectivity index (χ4v) is 3.43. The summed E-state index contributed by atoms with van der Waals surface area (Å²) in [6.07, 6.45) is 1.43. The normalized spacial score (nSPS) is 15.1. The van der Waals surface area contributed by atoms with E-state index in [1.54, 1.807) is 30.9 Å². The van der Waals surface area contributed by atoms with Crippen molar-refractivity contribution in [2.75, 3.05) is 31.1 Å². The molecule has 0 aliphatic carbocycles. The number of carbonyl (C=O) groups excluding carboxylic acids is 2. The lowest BCUT2D eigenvalue weighted by molar-refractivity contribution is -0.133. The molecule has 0 radical (unpaired) electrons. The van der Waals surface area contributed by atoms with Crippen molar-refractivity contribution < 1.29 is 18.5 Å². The maximum Gasteiger partial charge on any atom is 0.287 e. The van der Waals surface area contributed by atoms with Gasteiger partial charge in [-0.1, -0.05) is 5.16 Å². The monoisotopic (exact) mass is 409 g/mol. The number of furan rings is 1. The minimum Gasteiger partial charge on any atom is -0.459 e. The van der Waals surface area contributed by atoms with Gasteiger partial charge >= 0.3 is 0 Å². The van der Waals surface area contributed by atoms with E-state index in [4.69, 9.17) is 8.94 Å². The molecule has 1 aliphatic rings. The van der Waals surface area contributed by atoms with E-state index in [2.05, 4.69) is 20.4 Å². The van der Waals surface area contributed by atoms with Crippen LogP contribution in [0, 0.1) is 6.92 Å². The molecule has 156 valence electrons. The largest absolute Gasteiger partial charge is 0.459 e. The fraction of sp³-hybridized carbons (Fsp3) is 0.333. The van der Waals surface area contributed by atoms with Crippen LogP contribution in [-0.4, -0.2) is 59.1 Å². The number of benzene rings is 1. The van der Waals surface area contributed by atoms with Gasteiger partial charge in [-0.05, 0) is 43.3 Å². The molecule has 3 aromatic rings. The molecule has 9 nitrogen and oxygen atoms in total. The number of aromatic nitrogens is 2. The molecule has 1 fully saturated rings. The summed E-state index contributed by atoms with van der Waals surface area (Å²) in [6.45, 7) is 6.05. The fourth-order valence-electron chi connectivity index (χ4n) is 3.43. The van der Waals surface area contributed by atoms with Crippen LogP contribution in [0.25, 0.3) is 11.4 Å². The first-order chi connectivity index (χ1) is 14.5. The van der Waals surface area contributed by atoms with Crippen LogP contribution in [0.3, 0.4) is 0 Å². The molecule has 2 aromatic heterocycles. The summed E-state index contributed by atoms with van der Waals surface area (Å²) < 4.78 is 10.1. The Hall–Kier alpha value is -3.62. The Balaban J connectivity index is 1.31. The lowest BCUT2D eigenvalue weighted by Gasteiger charge is -2.37. The summed E-state index contributed by atoms with van der Waals surface area (Å²) in [6, 6.07) is 10.5. The maximum atomic E-state index is 12.7. The van der Waals surface area contributed by atoms with Gasteiger partial charge in [0.2, 0.25) is 17.6 Å². The third-order valence-electron chi connectivity index (χ3n) is 5.07. The Kier molecular flexibility index (Phi) is 5.51. The average Bonchev–Trinajstić information content (AvgIpc) is 3.45. The van der Waals surface area contributed by atoms with E-state index < -0.39 is 11.9 Å². The van der Waals surface area contributed by atoms with Crippen LogP contribution >= 0.6 is 0 Å². The number of nitrogens with one attached hydrogen (secondary N) is 1. The van der Waals surface area contributed by atoms with E-state index in [1.807, 2.05) is 24.3 Å². The first-order valence-corrected chi connectivity index (χ1v) is 9.80. The first kappa shape index (κ1) is 19.7. The van der Waals surface area contributed by atoms with Crippen molar-refractivity contribution in [2.24, 2.45) is 0 Å². The number of piperazine rings is 1. The standard InChI is InChI=1S/C21H23N5O4/c1-14(22-20(27)18-4-3-13-29-18)21(28)26-11-9-25(10-12-26)17-7-5-16(6-8-17)19-23-15(2)30-24-19/h3-8,13-14H,9-12H2,1-2H3,(H,22,27)/t14-/m1/s1. The van der Waals surface area contributed by atoms with Gasteiger partial charge in [0.15, 0.2) is 5.76 Å². The van der Waals surface area contributed by atoms with Gasteiger partial charge in [0, 0.05) is 44.4 Å². The number of nitrogens with zero attached hydrogens (tertiary/aromatic N) is 4. The Bertz CT molecular complexity index is 1000. The zero-order valence-corrected chi connectivity index (χ0v) is 16.9. The summed E-state index contributed by atoms with van der Waals surface area (Å²) in [5, 5.41) is 6.62. The predicted octanol–water partition coefficient (Wildman–Crippen LogP) is 2.11. The van der Waals surface area contributed by atoms with Crippen LogP contribution in [0.15, 0.2) is 51.6 Å². The molecule has 3 heterocycles. The summed E-state index contributed by atoms with van der Waals surface area (Å²) in [5.74, 6) is 0.803. The quantitative estimate of drug-likeness (QED) is 0.688. The molecule has 1 saturated heterocycles. The van der Waals surface area contributed by atoms with Crippen molar-refractivity contribution in [2.45, 2.75) is 19.9 Å². The third-order valence-corrected chi connectivity index (χ3v) is 5.07. The van der Waals surface area contributed by atoms with E-state index in [0.29, 0.717) is 37.9 Å². The minimum atomic E-state index is -0.619. The molecule has 0 spiro atoms. The van der Waals surface area contributed by atoms with Crippen molar-refractivity contribution >= 4 is 17.5 Å². The van der Waals surface area contributed by atoms with E-state index in [0.717, 1.165) is 11.3 Å². The molecule has 1 aliphatic heterocycles. The Morgan fingerprint density at radius 3 is 2.43 bits per heavy atom. The number of aryl methyl sites for hydroxylation is 1. The van der Waals surface area contributed by atoms with E-state index in [-0.39, 0.29) is 11.7 Å². The number of hydrogen-bond donors (Lipinski definition) is 1. The van der Waals surface area contributed by atoms with Gasteiger partial charge in [-0.15, -0.1) is 0 Å². The zero-order chi connectivity index (χ0) is 21.1. The van der Waals surface area contributed by atoms with E-state index in [1.165, 1.54) is 6.26 Å². The summed E-state index contributed by atoms with van der Waals surface area (Å²) in [7, 11) is 0. The molecule has 2 amide bonds. The third kappa shape index (κ3) is 4.19. The van der Waals surface area contributed by atoms with Gasteiger partial charge in [0.1, 0.15) is 6.04 Å². The molecule has 9 heteroatoms. The van der Waals surface area contributed by atoms with Gasteiger partial charge in [0.25, 0.3) is 5.91 Å². The predicted molar refractivity (Wildman–Crippen MR) is 109 cm³/mol. The molecule has 4 rings (SSSR count). The van der Waals surface area contributed by atoms with Gasteiger partial charge in [-0.25, -0.2) is 0 Å². The Labute approximate surface area is 173 Å². The SMILES string of the molecule is Cc1nc(-c2ccc(N3CCN(C(=O)[C@@H](C)NC(=O)c4ccco4)CC3)cc2)no1. The van der Waals surface area contributed by atoms with Crippen molar-refractivity contribution in [1.29, 1.82) is 0 Å². The lowest BCUT2D eigenvalue weighted by atomic mass is 10.1. The molecule has 0 bridgehead atoms. The molecule has 30 heavy (non-hydrogen) atoms. The summed E-state index contributed by atoms with van der Waals surface area (Å²) >= 11 is 0. The highest BCUT2D eigenvalue weighted by Gasteiger charge is 2.26. The summed E-state index contributed by atoms with van der Waals surface area (Å²) in [4.78, 5) is 33.0. The van der Waals surface area contributed by atoms with Crippen LogP contribution < -0.4 is 10.2 Å². The van der Waals surface area contributed by atoms with Crippen molar-refractivity contribution in [3.63, 3.8) is 0 Å². The second-order valence-corrected chi connectivity index (χ2v) is 7.17. The van der Waals surface area contributed by atoms with Crippen LogP contribution in [-0.2, 0) is 4.79 Å². The Morgan fingerprint density at radius 2 is 1.83 bits per heavy atom. The van der Waals surface area contributed by atoms with Crippen LogP contribution in [0.5, 0.6) is 0 Å². The summed E-state index contributed by atoms with van der Waals surface area (Å²) in [5.41, 5.74) is 1.97. The van der Waals surface area contributed by atoms with Crippen molar-refractivity contribution in [3.8, 4) is 11.4 Å². The highest BCUT2D eigenvalue weighted by molar-refractivity contribution is 5.95. The van der Waals surface area contributed by atoms with Crippen molar-refractivity contribution in [1.82, 2.24) is 20.4 Å². The van der Waals surface area contributed by atoms with Crippen LogP contribution in [0.2, 0.25) is 0 Å². The second kappa shape index (κ2) is 8.40. The second-order valence-electron chi connectivity index (χ2n) is 7.17. The van der Waals surface area contributed by atoms with Gasteiger partial charge in [0.05, 0.1) is 6.26 Å². The minimum absolute atomic E-state index is 0.0996. The molecule has 1 N–H and O–H groups in total. The maximum absolute atomic E-state index is 12.7. The van der Waals surface area contributed by atoms with E-state index >= 15 is 0 Å². The Morgan fingerprint density at radius 1 is 1.10 bits per heavy atom. The molecular weight excluding hydrogens is 386 g/mol. The molecule has 1 aromatic carbocycles. The molecule has 0 saturated carbocycles. The molecule has 1 atom stereocenters. The number of hydrogen-bond acceptors (Lipinski definition) is 7. The number of carbonyl (C=O) groups is 2. The van der Waals surface area contributed by atoms with E-state index in [9.17, 15) is 9.59 Å². The number of amides is 2. The van der Waals surface area contributed by atoms with Crippen LogP contribution in [0.1, 0.15) is 23.4 Å². The lowest BCUT2D eigenvalue weighted by Crippen LogP contribution is -2.54. The van der Waals surface area contributed by atoms with Crippen molar-refractivity contribution in [3.05, 3.63) is 54.3 Å². The highest BCUT2D eigenvalue weighted by Crippen LogP contribution is 2.22. The van der Waals surface area contributed by atoms with Gasteiger partial charge in [-0.2, -0.15) is 4.98 Å². The molecular formula is C21H23N5O4. The number of rotatable bonds is 5. The van der Waals surface area contributed by atoms with Crippen LogP contribution in [0.4, 0.5) is 5.69 Å². The van der Waals surface area contributed by atoms with Gasteiger partial charge < -0.3 is 24.1 Å². The molecule has 0 unspecified atom stereocenters. The average molecular weight is 409 g/mol. The number of anilines is 1.